The zero-order chi connectivity index (χ0) is 24.8. The second-order valence-corrected chi connectivity index (χ2v) is 10.0. The number of amides is 3. The van der Waals surface area contributed by atoms with Gasteiger partial charge >= 0.3 is 6.03 Å². The average Bonchev–Trinajstić information content (AvgIpc) is 2.67. The molecule has 0 fully saturated rings. The van der Waals surface area contributed by atoms with Gasteiger partial charge in [0.2, 0.25) is 5.91 Å². The molecule has 0 aromatic heterocycles. The summed E-state index contributed by atoms with van der Waals surface area (Å²) in [5, 5.41) is 5.98. The molecule has 33 heavy (non-hydrogen) atoms. The Bertz CT molecular complexity index is 950. The van der Waals surface area contributed by atoms with E-state index < -0.39 is 5.54 Å². The SMILES string of the molecule is CC(C)CC(=O)Nc1ccc(N(C)C)c(CN(Cc2ccc(F)cc2)C(=O)NC(C)(C)C)c1. The highest BCUT2D eigenvalue weighted by molar-refractivity contribution is 5.91. The van der Waals surface area contributed by atoms with Gasteiger partial charge in [-0.05, 0) is 68.1 Å². The monoisotopic (exact) mass is 456 g/mol. The molecule has 0 aliphatic heterocycles. The Morgan fingerprint density at radius 2 is 1.64 bits per heavy atom. The van der Waals surface area contributed by atoms with Gasteiger partial charge in [0, 0.05) is 50.5 Å². The maximum atomic E-state index is 13.4. The van der Waals surface area contributed by atoms with Crippen molar-refractivity contribution in [3.05, 3.63) is 59.4 Å². The third kappa shape index (κ3) is 8.75. The summed E-state index contributed by atoms with van der Waals surface area (Å²) in [6.45, 7) is 10.4. The van der Waals surface area contributed by atoms with Crippen LogP contribution in [0, 0.1) is 11.7 Å². The van der Waals surface area contributed by atoms with Crippen molar-refractivity contribution in [2.45, 2.75) is 59.7 Å². The number of carbonyl (C=O) groups excluding carboxylic acids is 2. The van der Waals surface area contributed by atoms with Gasteiger partial charge in [0.15, 0.2) is 0 Å². The predicted octanol–water partition coefficient (Wildman–Crippen LogP) is 5.39. The van der Waals surface area contributed by atoms with E-state index in [0.29, 0.717) is 25.2 Å². The summed E-state index contributed by atoms with van der Waals surface area (Å²) in [5.74, 6) is -0.0933. The Morgan fingerprint density at radius 1 is 1.00 bits per heavy atom. The maximum Gasteiger partial charge on any atom is 0.318 e. The molecule has 2 rings (SSSR count). The Hall–Kier alpha value is -3.09. The van der Waals surface area contributed by atoms with Crippen LogP contribution in [-0.4, -0.2) is 36.5 Å². The van der Waals surface area contributed by atoms with Crippen LogP contribution in [0.2, 0.25) is 0 Å². The van der Waals surface area contributed by atoms with E-state index in [9.17, 15) is 14.0 Å². The number of anilines is 2. The number of hydrogen-bond acceptors (Lipinski definition) is 3. The highest BCUT2D eigenvalue weighted by Gasteiger charge is 2.22. The molecule has 7 heteroatoms. The fourth-order valence-corrected chi connectivity index (χ4v) is 3.42. The van der Waals surface area contributed by atoms with Crippen LogP contribution in [0.5, 0.6) is 0 Å². The number of nitrogens with zero attached hydrogens (tertiary/aromatic N) is 2. The van der Waals surface area contributed by atoms with Crippen LogP contribution < -0.4 is 15.5 Å². The fraction of sp³-hybridized carbons (Fsp3) is 0.462. The molecule has 0 aliphatic carbocycles. The van der Waals surface area contributed by atoms with Crippen molar-refractivity contribution in [1.29, 1.82) is 0 Å². The molecule has 0 heterocycles. The third-order valence-corrected chi connectivity index (χ3v) is 4.86. The molecule has 6 nitrogen and oxygen atoms in total. The Labute approximate surface area is 197 Å². The first kappa shape index (κ1) is 26.2. The van der Waals surface area contributed by atoms with Crippen molar-refractivity contribution in [2.24, 2.45) is 5.92 Å². The number of nitrogens with one attached hydrogen (secondary N) is 2. The Morgan fingerprint density at radius 3 is 2.18 bits per heavy atom. The van der Waals surface area contributed by atoms with Gasteiger partial charge in [-0.3, -0.25) is 4.79 Å². The number of halogens is 1. The molecule has 0 radical (unpaired) electrons. The van der Waals surface area contributed by atoms with E-state index in [1.165, 1.54) is 12.1 Å². The average molecular weight is 457 g/mol. The number of urea groups is 1. The van der Waals surface area contributed by atoms with Crippen LogP contribution in [0.4, 0.5) is 20.6 Å². The van der Waals surface area contributed by atoms with Crippen molar-refractivity contribution in [3.63, 3.8) is 0 Å². The van der Waals surface area contributed by atoms with E-state index in [-0.39, 0.29) is 23.7 Å². The number of carbonyl (C=O) groups is 2. The molecule has 2 N–H and O–H groups in total. The van der Waals surface area contributed by atoms with Crippen molar-refractivity contribution in [1.82, 2.24) is 10.2 Å². The molecule has 0 saturated heterocycles. The van der Waals surface area contributed by atoms with Crippen LogP contribution in [0.1, 0.15) is 52.2 Å². The standard InChI is InChI=1S/C26H37FN4O2/c1-18(2)14-24(32)28-22-12-13-23(30(6)7)20(15-22)17-31(25(33)29-26(3,4)5)16-19-8-10-21(27)11-9-19/h8-13,15,18H,14,16-17H2,1-7H3,(H,28,32)(H,29,33). The second-order valence-electron chi connectivity index (χ2n) is 10.0. The lowest BCUT2D eigenvalue weighted by molar-refractivity contribution is -0.116. The van der Waals surface area contributed by atoms with Crippen LogP contribution in [0.25, 0.3) is 0 Å². The summed E-state index contributed by atoms with van der Waals surface area (Å²) in [6, 6.07) is 11.7. The van der Waals surface area contributed by atoms with E-state index >= 15 is 0 Å². The summed E-state index contributed by atoms with van der Waals surface area (Å²) >= 11 is 0. The molecule has 0 saturated carbocycles. The molecule has 0 atom stereocenters. The molecule has 2 aromatic rings. The fourth-order valence-electron chi connectivity index (χ4n) is 3.42. The largest absolute Gasteiger partial charge is 0.377 e. The first-order valence-corrected chi connectivity index (χ1v) is 11.3. The van der Waals surface area contributed by atoms with Crippen LogP contribution in [-0.2, 0) is 17.9 Å². The lowest BCUT2D eigenvalue weighted by Gasteiger charge is -2.30. The summed E-state index contributed by atoms with van der Waals surface area (Å²) in [5.41, 5.74) is 2.96. The smallest absolute Gasteiger partial charge is 0.318 e. The molecule has 2 aromatic carbocycles. The van der Waals surface area contributed by atoms with Gasteiger partial charge in [-0.15, -0.1) is 0 Å². The zero-order valence-electron chi connectivity index (χ0n) is 20.8. The molecular formula is C26H37FN4O2. The quantitative estimate of drug-likeness (QED) is 0.560. The Balaban J connectivity index is 2.36. The third-order valence-electron chi connectivity index (χ3n) is 4.86. The van der Waals surface area contributed by atoms with Crippen molar-refractivity contribution >= 4 is 23.3 Å². The topological polar surface area (TPSA) is 64.7 Å². The van der Waals surface area contributed by atoms with Gasteiger partial charge in [-0.1, -0.05) is 26.0 Å². The van der Waals surface area contributed by atoms with Gasteiger partial charge in [0.25, 0.3) is 0 Å². The van der Waals surface area contributed by atoms with E-state index in [1.54, 1.807) is 17.0 Å². The molecule has 3 amide bonds. The van der Waals surface area contributed by atoms with E-state index in [2.05, 4.69) is 10.6 Å². The molecule has 0 bridgehead atoms. The van der Waals surface area contributed by atoms with E-state index in [0.717, 1.165) is 16.8 Å². The minimum Gasteiger partial charge on any atom is -0.377 e. The highest BCUT2D eigenvalue weighted by atomic mass is 19.1. The maximum absolute atomic E-state index is 13.4. The Kier molecular flexibility index (Phi) is 8.85. The summed E-state index contributed by atoms with van der Waals surface area (Å²) in [7, 11) is 3.88. The first-order chi connectivity index (χ1) is 15.3. The van der Waals surface area contributed by atoms with E-state index in [4.69, 9.17) is 0 Å². The highest BCUT2D eigenvalue weighted by Crippen LogP contribution is 2.26. The van der Waals surface area contributed by atoms with E-state index in [1.807, 2.05) is 71.8 Å². The molecular weight excluding hydrogens is 419 g/mol. The van der Waals surface area contributed by atoms with Gasteiger partial charge in [0.1, 0.15) is 5.82 Å². The van der Waals surface area contributed by atoms with Gasteiger partial charge in [-0.2, -0.15) is 0 Å². The molecule has 180 valence electrons. The number of rotatable bonds is 8. The van der Waals surface area contributed by atoms with Crippen molar-refractivity contribution in [2.75, 3.05) is 24.3 Å². The lowest BCUT2D eigenvalue weighted by Crippen LogP contribution is -2.48. The summed E-state index contributed by atoms with van der Waals surface area (Å²) in [4.78, 5) is 29.1. The van der Waals surface area contributed by atoms with Crippen LogP contribution >= 0.6 is 0 Å². The molecule has 0 aliphatic rings. The minimum atomic E-state index is -0.408. The van der Waals surface area contributed by atoms with Gasteiger partial charge in [0.05, 0.1) is 0 Å². The summed E-state index contributed by atoms with van der Waals surface area (Å²) in [6.07, 6.45) is 0.440. The number of benzene rings is 2. The van der Waals surface area contributed by atoms with Gasteiger partial charge < -0.3 is 20.4 Å². The molecule has 0 unspecified atom stereocenters. The minimum absolute atomic E-state index is 0.0396. The van der Waals surface area contributed by atoms with Gasteiger partial charge in [-0.25, -0.2) is 9.18 Å². The zero-order valence-corrected chi connectivity index (χ0v) is 20.8. The first-order valence-electron chi connectivity index (χ1n) is 11.3. The van der Waals surface area contributed by atoms with Crippen molar-refractivity contribution < 1.29 is 14.0 Å². The predicted molar refractivity (Wildman–Crippen MR) is 133 cm³/mol. The number of hydrogen-bond donors (Lipinski definition) is 2. The lowest BCUT2D eigenvalue weighted by atomic mass is 10.1. The molecule has 0 spiro atoms. The summed E-state index contributed by atoms with van der Waals surface area (Å²) < 4.78 is 13.4. The van der Waals surface area contributed by atoms with Crippen LogP contribution in [0.15, 0.2) is 42.5 Å². The van der Waals surface area contributed by atoms with Crippen LogP contribution in [0.3, 0.4) is 0 Å². The van der Waals surface area contributed by atoms with Crippen molar-refractivity contribution in [3.8, 4) is 0 Å². The normalized spacial score (nSPS) is 11.3. The second kappa shape index (κ2) is 11.2.